The van der Waals surface area contributed by atoms with Gasteiger partial charge in [-0.1, -0.05) is 20.3 Å². The minimum atomic E-state index is -0.710. The van der Waals surface area contributed by atoms with E-state index in [2.05, 4.69) is 5.32 Å². The summed E-state index contributed by atoms with van der Waals surface area (Å²) in [5, 5.41) is 2.61. The van der Waals surface area contributed by atoms with E-state index in [-0.39, 0.29) is 12.5 Å². The summed E-state index contributed by atoms with van der Waals surface area (Å²) in [6, 6.07) is 5.38. The molecule has 7 heteroatoms. The third kappa shape index (κ3) is 5.61. The molecule has 1 aromatic rings. The standard InChI is InChI=1S/C16H22N2O5/c1-4-10(2)14(16(21)22-3)18-13(19)9-23-12-7-5-11(6-8-12)15(17)20/h5-8,10,14H,4,9H2,1-3H3,(H2,17,20)(H,18,19)/t10-,14+/m0/s1. The summed E-state index contributed by atoms with van der Waals surface area (Å²) in [5.74, 6) is -1.09. The van der Waals surface area contributed by atoms with E-state index in [1.807, 2.05) is 13.8 Å². The molecule has 0 fully saturated rings. The predicted octanol–water partition coefficient (Wildman–Crippen LogP) is 0.868. The van der Waals surface area contributed by atoms with Gasteiger partial charge >= 0.3 is 5.97 Å². The molecule has 1 aromatic carbocycles. The van der Waals surface area contributed by atoms with Gasteiger partial charge in [0, 0.05) is 5.56 Å². The number of hydrogen-bond donors (Lipinski definition) is 2. The molecule has 0 radical (unpaired) electrons. The van der Waals surface area contributed by atoms with Crippen molar-refractivity contribution in [1.29, 1.82) is 0 Å². The van der Waals surface area contributed by atoms with Crippen molar-refractivity contribution in [2.45, 2.75) is 26.3 Å². The first kappa shape index (κ1) is 18.5. The lowest BCUT2D eigenvalue weighted by Gasteiger charge is -2.21. The molecule has 2 atom stereocenters. The number of carbonyl (C=O) groups is 3. The molecule has 0 aliphatic rings. The van der Waals surface area contributed by atoms with Gasteiger partial charge < -0.3 is 20.5 Å². The van der Waals surface area contributed by atoms with Crippen molar-refractivity contribution in [2.24, 2.45) is 11.7 Å². The quantitative estimate of drug-likeness (QED) is 0.690. The van der Waals surface area contributed by atoms with Crippen LogP contribution in [0.2, 0.25) is 0 Å². The van der Waals surface area contributed by atoms with Crippen LogP contribution in [0.15, 0.2) is 24.3 Å². The maximum atomic E-state index is 11.9. The zero-order chi connectivity index (χ0) is 17.4. The molecule has 0 saturated carbocycles. The van der Waals surface area contributed by atoms with Gasteiger partial charge in [0.1, 0.15) is 11.8 Å². The topological polar surface area (TPSA) is 108 Å². The van der Waals surface area contributed by atoms with Crippen molar-refractivity contribution in [3.8, 4) is 5.75 Å². The average molecular weight is 322 g/mol. The van der Waals surface area contributed by atoms with Crippen molar-refractivity contribution >= 4 is 17.8 Å². The molecular formula is C16H22N2O5. The number of methoxy groups -OCH3 is 1. The lowest BCUT2D eigenvalue weighted by atomic mass is 9.99. The summed E-state index contributed by atoms with van der Waals surface area (Å²) in [4.78, 5) is 34.6. The van der Waals surface area contributed by atoms with E-state index in [1.54, 1.807) is 12.1 Å². The first-order valence-electron chi connectivity index (χ1n) is 7.28. The van der Waals surface area contributed by atoms with Crippen molar-refractivity contribution in [2.75, 3.05) is 13.7 Å². The van der Waals surface area contributed by atoms with Crippen molar-refractivity contribution in [1.82, 2.24) is 5.32 Å². The molecule has 0 bridgehead atoms. The van der Waals surface area contributed by atoms with Gasteiger partial charge in [-0.3, -0.25) is 9.59 Å². The number of carbonyl (C=O) groups excluding carboxylic acids is 3. The fraction of sp³-hybridized carbons (Fsp3) is 0.438. The molecule has 0 aliphatic heterocycles. The molecule has 0 aliphatic carbocycles. The first-order chi connectivity index (χ1) is 10.9. The van der Waals surface area contributed by atoms with Crippen LogP contribution in [-0.2, 0) is 14.3 Å². The Labute approximate surface area is 135 Å². The molecular weight excluding hydrogens is 300 g/mol. The Morgan fingerprint density at radius 3 is 2.30 bits per heavy atom. The highest BCUT2D eigenvalue weighted by molar-refractivity contribution is 5.92. The van der Waals surface area contributed by atoms with Gasteiger partial charge in [-0.05, 0) is 30.2 Å². The number of hydrogen-bond acceptors (Lipinski definition) is 5. The highest BCUT2D eigenvalue weighted by Gasteiger charge is 2.26. The Morgan fingerprint density at radius 2 is 1.83 bits per heavy atom. The maximum absolute atomic E-state index is 11.9. The van der Waals surface area contributed by atoms with Crippen LogP contribution < -0.4 is 15.8 Å². The summed E-state index contributed by atoms with van der Waals surface area (Å²) >= 11 is 0. The first-order valence-corrected chi connectivity index (χ1v) is 7.28. The number of primary amides is 1. The molecule has 2 amide bonds. The molecule has 0 saturated heterocycles. The van der Waals surface area contributed by atoms with E-state index in [0.29, 0.717) is 11.3 Å². The third-order valence-corrected chi connectivity index (χ3v) is 3.49. The number of rotatable bonds is 8. The Kier molecular flexibility index (Phi) is 7.05. The van der Waals surface area contributed by atoms with Crippen molar-refractivity contribution < 1.29 is 23.9 Å². The normalized spacial score (nSPS) is 12.8. The fourth-order valence-corrected chi connectivity index (χ4v) is 1.88. The Morgan fingerprint density at radius 1 is 1.22 bits per heavy atom. The maximum Gasteiger partial charge on any atom is 0.328 e. The number of nitrogens with two attached hydrogens (primary N) is 1. The highest BCUT2D eigenvalue weighted by Crippen LogP contribution is 2.12. The number of amides is 2. The number of ether oxygens (including phenoxy) is 2. The van der Waals surface area contributed by atoms with E-state index in [4.69, 9.17) is 15.2 Å². The van der Waals surface area contributed by atoms with Gasteiger partial charge in [0.2, 0.25) is 5.91 Å². The predicted molar refractivity (Wildman–Crippen MR) is 83.9 cm³/mol. The number of benzene rings is 1. The molecule has 0 unspecified atom stereocenters. The van der Waals surface area contributed by atoms with Crippen LogP contribution in [0, 0.1) is 5.92 Å². The second-order valence-electron chi connectivity index (χ2n) is 5.13. The van der Waals surface area contributed by atoms with Crippen LogP contribution in [-0.4, -0.2) is 37.5 Å². The van der Waals surface area contributed by atoms with Crippen LogP contribution in [0.3, 0.4) is 0 Å². The second-order valence-corrected chi connectivity index (χ2v) is 5.13. The largest absolute Gasteiger partial charge is 0.484 e. The van der Waals surface area contributed by atoms with Crippen LogP contribution in [0.1, 0.15) is 30.6 Å². The van der Waals surface area contributed by atoms with E-state index in [9.17, 15) is 14.4 Å². The smallest absolute Gasteiger partial charge is 0.328 e. The molecule has 0 heterocycles. The summed E-state index contributed by atoms with van der Waals surface area (Å²) in [6.45, 7) is 3.52. The van der Waals surface area contributed by atoms with Crippen LogP contribution >= 0.6 is 0 Å². The van der Waals surface area contributed by atoms with Crippen LogP contribution in [0.5, 0.6) is 5.75 Å². The van der Waals surface area contributed by atoms with E-state index in [1.165, 1.54) is 19.2 Å². The Bertz CT molecular complexity index is 556. The Hall–Kier alpha value is -2.57. The molecule has 3 N–H and O–H groups in total. The fourth-order valence-electron chi connectivity index (χ4n) is 1.88. The summed E-state index contributed by atoms with van der Waals surface area (Å²) in [7, 11) is 1.28. The van der Waals surface area contributed by atoms with Gasteiger partial charge in [0.05, 0.1) is 7.11 Å². The summed E-state index contributed by atoms with van der Waals surface area (Å²) < 4.78 is 10.0. The third-order valence-electron chi connectivity index (χ3n) is 3.49. The van der Waals surface area contributed by atoms with Gasteiger partial charge in [0.15, 0.2) is 6.61 Å². The summed E-state index contributed by atoms with van der Waals surface area (Å²) in [5.41, 5.74) is 5.49. The molecule has 7 nitrogen and oxygen atoms in total. The molecule has 1 rings (SSSR count). The van der Waals surface area contributed by atoms with Crippen molar-refractivity contribution in [3.05, 3.63) is 29.8 Å². The van der Waals surface area contributed by atoms with E-state index < -0.39 is 23.8 Å². The lowest BCUT2D eigenvalue weighted by molar-refractivity contribution is -0.146. The number of esters is 1. The van der Waals surface area contributed by atoms with Gasteiger partial charge in [-0.2, -0.15) is 0 Å². The van der Waals surface area contributed by atoms with Gasteiger partial charge in [-0.25, -0.2) is 4.79 Å². The number of nitrogens with one attached hydrogen (secondary N) is 1. The zero-order valence-electron chi connectivity index (χ0n) is 13.5. The molecule has 23 heavy (non-hydrogen) atoms. The van der Waals surface area contributed by atoms with Crippen LogP contribution in [0.4, 0.5) is 0 Å². The summed E-state index contributed by atoms with van der Waals surface area (Å²) in [6.07, 6.45) is 0.718. The SMILES string of the molecule is CC[C@H](C)[C@@H](NC(=O)COc1ccc(C(N)=O)cc1)C(=O)OC. The minimum Gasteiger partial charge on any atom is -0.484 e. The zero-order valence-corrected chi connectivity index (χ0v) is 13.5. The average Bonchev–Trinajstić information content (AvgIpc) is 2.56. The van der Waals surface area contributed by atoms with Crippen LogP contribution in [0.25, 0.3) is 0 Å². The molecule has 0 aromatic heterocycles. The minimum absolute atomic E-state index is 0.0544. The van der Waals surface area contributed by atoms with E-state index in [0.717, 1.165) is 6.42 Å². The molecule has 0 spiro atoms. The van der Waals surface area contributed by atoms with Gasteiger partial charge in [-0.15, -0.1) is 0 Å². The van der Waals surface area contributed by atoms with Gasteiger partial charge in [0.25, 0.3) is 5.91 Å². The lowest BCUT2D eigenvalue weighted by Crippen LogP contribution is -2.47. The second kappa shape index (κ2) is 8.77. The van der Waals surface area contributed by atoms with E-state index >= 15 is 0 Å². The molecule has 126 valence electrons. The highest BCUT2D eigenvalue weighted by atomic mass is 16.5. The van der Waals surface area contributed by atoms with Crippen molar-refractivity contribution in [3.63, 3.8) is 0 Å². The monoisotopic (exact) mass is 322 g/mol. The Balaban J connectivity index is 2.58.